The number of alkyl halides is 3. The van der Waals surface area contributed by atoms with Crippen LogP contribution >= 0.6 is 0 Å². The number of rotatable bonds is 7. The highest BCUT2D eigenvalue weighted by Gasteiger charge is 2.46. The number of alkyl carbamates (subject to hydrolysis) is 1. The molecule has 1 aliphatic heterocycles. The maximum absolute atomic E-state index is 12.9. The second-order valence-corrected chi connectivity index (χ2v) is 7.64. The Labute approximate surface area is 167 Å². The van der Waals surface area contributed by atoms with E-state index in [0.717, 1.165) is 7.11 Å². The summed E-state index contributed by atoms with van der Waals surface area (Å²) < 4.78 is 43.0. The summed E-state index contributed by atoms with van der Waals surface area (Å²) in [4.78, 5) is 49.9. The van der Waals surface area contributed by atoms with Gasteiger partial charge in [-0.3, -0.25) is 14.4 Å². The van der Waals surface area contributed by atoms with E-state index in [4.69, 9.17) is 0 Å². The van der Waals surface area contributed by atoms with E-state index in [1.165, 1.54) is 18.7 Å². The van der Waals surface area contributed by atoms with Crippen molar-refractivity contribution in [1.29, 1.82) is 0 Å². The summed E-state index contributed by atoms with van der Waals surface area (Å²) >= 11 is 0. The summed E-state index contributed by atoms with van der Waals surface area (Å²) in [5, 5.41) is 4.57. The fraction of sp³-hybridized carbons (Fsp3) is 0.778. The normalized spacial score (nSPS) is 19.1. The molecule has 1 aliphatic rings. The maximum Gasteiger partial charge on any atom is 0.452 e. The molecule has 1 rings (SSSR count). The number of ketones is 1. The molecule has 11 heteroatoms. The lowest BCUT2D eigenvalue weighted by molar-refractivity contribution is -0.175. The van der Waals surface area contributed by atoms with Gasteiger partial charge in [0.05, 0.1) is 13.2 Å². The second kappa shape index (κ2) is 9.93. The van der Waals surface area contributed by atoms with E-state index < -0.39 is 53.9 Å². The quantitative estimate of drug-likeness (QED) is 0.648. The van der Waals surface area contributed by atoms with Gasteiger partial charge in [-0.05, 0) is 24.7 Å². The largest absolute Gasteiger partial charge is 0.453 e. The summed E-state index contributed by atoms with van der Waals surface area (Å²) in [6.45, 7) is 6.38. The van der Waals surface area contributed by atoms with Gasteiger partial charge in [0.2, 0.25) is 11.8 Å². The third kappa shape index (κ3) is 6.33. The molecule has 1 saturated heterocycles. The number of hydrogen-bond acceptors (Lipinski definition) is 5. The summed E-state index contributed by atoms with van der Waals surface area (Å²) in [5.74, 6) is -4.51. The molecular weight excluding hydrogens is 395 g/mol. The predicted octanol–water partition coefficient (Wildman–Crippen LogP) is 1.63. The first-order chi connectivity index (χ1) is 13.3. The lowest BCUT2D eigenvalue weighted by atomic mass is 9.98. The molecule has 0 bridgehead atoms. The number of Topliss-reactive ketones (excluding diaryl/α,β-unsaturated/α-hetero) is 1. The first-order valence-corrected chi connectivity index (χ1v) is 9.37. The fourth-order valence-corrected chi connectivity index (χ4v) is 3.14. The standard InChI is InChI=1S/C18H28F3N3O5/c1-9(2)12(14(25)18(19,20)21)22-15(26)11-7-6-8-24(11)16(27)13(10(3)4)23-17(28)29-5/h9-13H,6-8H2,1-5H3,(H,22,26)(H,23,28)/t11-,12?,13-/m0/s1. The van der Waals surface area contributed by atoms with Gasteiger partial charge in [-0.2, -0.15) is 13.2 Å². The monoisotopic (exact) mass is 423 g/mol. The Balaban J connectivity index is 2.99. The van der Waals surface area contributed by atoms with E-state index >= 15 is 0 Å². The third-order valence-electron chi connectivity index (χ3n) is 4.76. The van der Waals surface area contributed by atoms with Gasteiger partial charge in [0.25, 0.3) is 5.78 Å². The van der Waals surface area contributed by atoms with E-state index in [0.29, 0.717) is 6.42 Å². The molecule has 0 spiro atoms. The van der Waals surface area contributed by atoms with Crippen molar-refractivity contribution < 1.29 is 37.1 Å². The lowest BCUT2D eigenvalue weighted by Crippen LogP contribution is -2.58. The first-order valence-electron chi connectivity index (χ1n) is 9.37. The van der Waals surface area contributed by atoms with Gasteiger partial charge in [-0.25, -0.2) is 4.79 Å². The Morgan fingerprint density at radius 3 is 2.00 bits per heavy atom. The van der Waals surface area contributed by atoms with Crippen molar-refractivity contribution in [2.75, 3.05) is 13.7 Å². The molecule has 1 fully saturated rings. The number of carbonyl (C=O) groups is 4. The second-order valence-electron chi connectivity index (χ2n) is 7.64. The first kappa shape index (κ1) is 24.7. The highest BCUT2D eigenvalue weighted by atomic mass is 19.4. The van der Waals surface area contributed by atoms with Crippen molar-refractivity contribution in [2.24, 2.45) is 11.8 Å². The Kier molecular flexibility index (Phi) is 8.46. The SMILES string of the molecule is COC(=O)N[C@H](C(=O)N1CCC[C@H]1C(=O)NC(C(=O)C(F)(F)F)C(C)C)C(C)C. The minimum Gasteiger partial charge on any atom is -0.453 e. The van der Waals surface area contributed by atoms with Crippen LogP contribution in [0.4, 0.5) is 18.0 Å². The van der Waals surface area contributed by atoms with E-state index in [-0.39, 0.29) is 18.9 Å². The number of carbonyl (C=O) groups excluding carboxylic acids is 4. The average molecular weight is 423 g/mol. The van der Waals surface area contributed by atoms with Crippen LogP contribution in [0.25, 0.3) is 0 Å². The molecule has 3 amide bonds. The van der Waals surface area contributed by atoms with Gasteiger partial charge in [-0.1, -0.05) is 27.7 Å². The van der Waals surface area contributed by atoms with Crippen LogP contribution in [0.2, 0.25) is 0 Å². The maximum atomic E-state index is 12.9. The van der Waals surface area contributed by atoms with Gasteiger partial charge < -0.3 is 20.3 Å². The number of ether oxygens (including phenoxy) is 1. The molecule has 29 heavy (non-hydrogen) atoms. The molecule has 2 N–H and O–H groups in total. The number of likely N-dealkylation sites (tertiary alicyclic amines) is 1. The molecule has 166 valence electrons. The lowest BCUT2D eigenvalue weighted by Gasteiger charge is -2.31. The number of amides is 3. The van der Waals surface area contributed by atoms with Crippen molar-refractivity contribution in [1.82, 2.24) is 15.5 Å². The molecule has 0 saturated carbocycles. The molecule has 0 radical (unpaired) electrons. The minimum absolute atomic E-state index is 0.211. The Hall–Kier alpha value is -2.33. The molecule has 8 nitrogen and oxygen atoms in total. The van der Waals surface area contributed by atoms with Crippen LogP contribution in [-0.4, -0.2) is 66.5 Å². The van der Waals surface area contributed by atoms with Crippen LogP contribution in [0.15, 0.2) is 0 Å². The number of methoxy groups -OCH3 is 1. The summed E-state index contributed by atoms with van der Waals surface area (Å²) in [6, 6.07) is -3.73. The summed E-state index contributed by atoms with van der Waals surface area (Å²) in [6.07, 6.45) is -5.19. The number of halogens is 3. The zero-order chi connectivity index (χ0) is 22.5. The molecule has 0 aromatic heterocycles. The van der Waals surface area contributed by atoms with Crippen LogP contribution in [0.5, 0.6) is 0 Å². The van der Waals surface area contributed by atoms with Crippen molar-refractivity contribution in [3.63, 3.8) is 0 Å². The van der Waals surface area contributed by atoms with Crippen LogP contribution in [0.1, 0.15) is 40.5 Å². The van der Waals surface area contributed by atoms with Gasteiger partial charge in [-0.15, -0.1) is 0 Å². The minimum atomic E-state index is -5.08. The molecule has 0 aliphatic carbocycles. The number of hydrogen-bond donors (Lipinski definition) is 2. The van der Waals surface area contributed by atoms with Crippen molar-refractivity contribution in [3.8, 4) is 0 Å². The predicted molar refractivity (Wildman–Crippen MR) is 96.7 cm³/mol. The molecule has 3 atom stereocenters. The fourth-order valence-electron chi connectivity index (χ4n) is 3.14. The molecule has 0 aromatic rings. The number of nitrogens with zero attached hydrogens (tertiary/aromatic N) is 1. The summed E-state index contributed by atoms with van der Waals surface area (Å²) in [7, 11) is 1.15. The molecule has 1 unspecified atom stereocenters. The van der Waals surface area contributed by atoms with Gasteiger partial charge in [0, 0.05) is 6.54 Å². The van der Waals surface area contributed by atoms with E-state index in [1.54, 1.807) is 13.8 Å². The smallest absolute Gasteiger partial charge is 0.452 e. The zero-order valence-electron chi connectivity index (χ0n) is 17.1. The number of nitrogens with one attached hydrogen (secondary N) is 2. The average Bonchev–Trinajstić information content (AvgIpc) is 3.11. The van der Waals surface area contributed by atoms with Crippen LogP contribution in [0, 0.1) is 11.8 Å². The van der Waals surface area contributed by atoms with Gasteiger partial charge >= 0.3 is 12.3 Å². The highest BCUT2D eigenvalue weighted by molar-refractivity contribution is 5.96. The van der Waals surface area contributed by atoms with Crippen LogP contribution < -0.4 is 10.6 Å². The molecule has 0 aromatic carbocycles. The Morgan fingerprint density at radius 1 is 1.00 bits per heavy atom. The third-order valence-corrected chi connectivity index (χ3v) is 4.76. The highest BCUT2D eigenvalue weighted by Crippen LogP contribution is 2.24. The zero-order valence-corrected chi connectivity index (χ0v) is 17.1. The van der Waals surface area contributed by atoms with E-state index in [2.05, 4.69) is 15.4 Å². The van der Waals surface area contributed by atoms with Crippen LogP contribution in [0.3, 0.4) is 0 Å². The van der Waals surface area contributed by atoms with Crippen molar-refractivity contribution in [2.45, 2.75) is 64.8 Å². The van der Waals surface area contributed by atoms with Crippen molar-refractivity contribution >= 4 is 23.7 Å². The van der Waals surface area contributed by atoms with Crippen molar-refractivity contribution in [3.05, 3.63) is 0 Å². The summed E-state index contributed by atoms with van der Waals surface area (Å²) in [5.41, 5.74) is 0. The molecular formula is C18H28F3N3O5. The van der Waals surface area contributed by atoms with E-state index in [1.807, 2.05) is 0 Å². The Bertz CT molecular complexity index is 637. The van der Waals surface area contributed by atoms with Gasteiger partial charge in [0.1, 0.15) is 12.1 Å². The molecule has 1 heterocycles. The van der Waals surface area contributed by atoms with Crippen LogP contribution in [-0.2, 0) is 19.1 Å². The topological polar surface area (TPSA) is 105 Å². The van der Waals surface area contributed by atoms with E-state index in [9.17, 15) is 32.3 Å². The van der Waals surface area contributed by atoms with Gasteiger partial charge in [0.15, 0.2) is 0 Å². The Morgan fingerprint density at radius 2 is 1.55 bits per heavy atom.